The van der Waals surface area contributed by atoms with Crippen molar-refractivity contribution in [3.8, 4) is 0 Å². The highest BCUT2D eigenvalue weighted by atomic mass is 16.4. The van der Waals surface area contributed by atoms with Crippen molar-refractivity contribution in [1.29, 1.82) is 0 Å². The lowest BCUT2D eigenvalue weighted by Gasteiger charge is -2.40. The first kappa shape index (κ1) is 37.9. The van der Waals surface area contributed by atoms with Crippen LogP contribution in [0.25, 0.3) is 0 Å². The number of carbonyl (C=O) groups is 5. The molecule has 4 amide bonds. The third kappa shape index (κ3) is 9.32. The van der Waals surface area contributed by atoms with Gasteiger partial charge in [-0.1, -0.05) is 60.7 Å². The molecule has 2 aromatic carbocycles. The Morgan fingerprint density at radius 2 is 1.61 bits per heavy atom. The van der Waals surface area contributed by atoms with E-state index in [-0.39, 0.29) is 68.1 Å². The van der Waals surface area contributed by atoms with Crippen LogP contribution in [-0.2, 0) is 35.8 Å². The fourth-order valence-electron chi connectivity index (χ4n) is 7.45. The molecule has 2 heterocycles. The molecule has 0 bridgehead atoms. The summed E-state index contributed by atoms with van der Waals surface area (Å²) in [5.41, 5.74) is 12.5. The molecular weight excluding hydrogens is 650 g/mol. The van der Waals surface area contributed by atoms with Crippen molar-refractivity contribution in [2.24, 2.45) is 11.5 Å². The van der Waals surface area contributed by atoms with Crippen LogP contribution in [0.15, 0.2) is 60.7 Å². The van der Waals surface area contributed by atoms with Crippen LogP contribution in [0.1, 0.15) is 69.4 Å². The number of amides is 4. The minimum atomic E-state index is -1.39. The van der Waals surface area contributed by atoms with Crippen molar-refractivity contribution in [1.82, 2.24) is 25.8 Å². The summed E-state index contributed by atoms with van der Waals surface area (Å²) in [5, 5.41) is 18.6. The van der Waals surface area contributed by atoms with Gasteiger partial charge >= 0.3 is 5.97 Å². The van der Waals surface area contributed by atoms with E-state index in [2.05, 4.69) is 28.1 Å². The number of carboxylic acids is 1. The SMILES string of the molecule is CC1C[C@@H](NC(=O)C(Cc2ccccc2)NC(=O)CNCC2(c3ccccc3)CC2)C(=O)N1[C@H](CCCCN)C(=O)N1CCC(N)(C(=O)O)CC1. The van der Waals surface area contributed by atoms with Gasteiger partial charge in [-0.25, -0.2) is 0 Å². The lowest BCUT2D eigenvalue weighted by Crippen LogP contribution is -2.60. The van der Waals surface area contributed by atoms with Gasteiger partial charge in [0.15, 0.2) is 0 Å². The van der Waals surface area contributed by atoms with E-state index in [9.17, 15) is 29.1 Å². The van der Waals surface area contributed by atoms with Gasteiger partial charge in [0.25, 0.3) is 0 Å². The summed E-state index contributed by atoms with van der Waals surface area (Å²) < 4.78 is 0. The lowest BCUT2D eigenvalue weighted by atomic mass is 9.88. The molecule has 4 atom stereocenters. The van der Waals surface area contributed by atoms with Gasteiger partial charge in [0.05, 0.1) is 6.54 Å². The van der Waals surface area contributed by atoms with Crippen molar-refractivity contribution < 1.29 is 29.1 Å². The van der Waals surface area contributed by atoms with E-state index in [1.54, 1.807) is 9.80 Å². The summed E-state index contributed by atoms with van der Waals surface area (Å²) in [4.78, 5) is 69.8. The summed E-state index contributed by atoms with van der Waals surface area (Å²) in [6, 6.07) is 16.7. The molecule has 13 nitrogen and oxygen atoms in total. The zero-order chi connectivity index (χ0) is 36.6. The molecule has 51 heavy (non-hydrogen) atoms. The van der Waals surface area contributed by atoms with E-state index >= 15 is 0 Å². The van der Waals surface area contributed by atoms with Gasteiger partial charge < -0.3 is 42.3 Å². The number of carboxylic acid groups (broad SMARTS) is 1. The number of nitrogens with zero attached hydrogens (tertiary/aromatic N) is 2. The average molecular weight is 704 g/mol. The third-order valence-electron chi connectivity index (χ3n) is 10.8. The van der Waals surface area contributed by atoms with Gasteiger partial charge in [-0.05, 0) is 76.0 Å². The van der Waals surface area contributed by atoms with Crippen LogP contribution in [0.2, 0.25) is 0 Å². The van der Waals surface area contributed by atoms with Crippen LogP contribution in [0.3, 0.4) is 0 Å². The van der Waals surface area contributed by atoms with Crippen molar-refractivity contribution in [3.05, 3.63) is 71.8 Å². The van der Waals surface area contributed by atoms with E-state index in [1.165, 1.54) is 5.56 Å². The molecule has 2 aliphatic heterocycles. The van der Waals surface area contributed by atoms with E-state index in [4.69, 9.17) is 11.5 Å². The summed E-state index contributed by atoms with van der Waals surface area (Å²) in [6.45, 7) is 3.35. The van der Waals surface area contributed by atoms with Crippen molar-refractivity contribution in [2.45, 2.75) is 99.8 Å². The molecule has 276 valence electrons. The second kappa shape index (κ2) is 16.8. The Labute approximate surface area is 299 Å². The van der Waals surface area contributed by atoms with E-state index < -0.39 is 35.5 Å². The predicted molar refractivity (Wildman–Crippen MR) is 192 cm³/mol. The number of nitrogens with two attached hydrogens (primary N) is 2. The number of piperidine rings is 1. The molecule has 0 spiro atoms. The Hall–Kier alpha value is -4.33. The molecule has 0 aromatic heterocycles. The zero-order valence-electron chi connectivity index (χ0n) is 29.5. The predicted octanol–water partition coefficient (Wildman–Crippen LogP) is 1.04. The minimum Gasteiger partial charge on any atom is -0.480 e. The molecule has 5 rings (SSSR count). The highest BCUT2D eigenvalue weighted by Crippen LogP contribution is 2.47. The van der Waals surface area contributed by atoms with Gasteiger partial charge in [0, 0.05) is 37.5 Å². The van der Waals surface area contributed by atoms with Crippen LogP contribution in [0.4, 0.5) is 0 Å². The summed E-state index contributed by atoms with van der Waals surface area (Å²) in [6.07, 6.45) is 4.54. The van der Waals surface area contributed by atoms with Gasteiger partial charge in [-0.3, -0.25) is 24.0 Å². The Balaban J connectivity index is 1.23. The summed E-state index contributed by atoms with van der Waals surface area (Å²) in [7, 11) is 0. The largest absolute Gasteiger partial charge is 0.480 e. The maximum atomic E-state index is 14.0. The van der Waals surface area contributed by atoms with Gasteiger partial charge in [0.2, 0.25) is 23.6 Å². The van der Waals surface area contributed by atoms with Gasteiger partial charge in [-0.15, -0.1) is 0 Å². The number of benzene rings is 2. The summed E-state index contributed by atoms with van der Waals surface area (Å²) in [5.74, 6) is -2.51. The zero-order valence-corrected chi connectivity index (χ0v) is 29.5. The topological polar surface area (TPSA) is 200 Å². The number of likely N-dealkylation sites (tertiary alicyclic amines) is 2. The number of aliphatic carboxylic acids is 1. The summed E-state index contributed by atoms with van der Waals surface area (Å²) >= 11 is 0. The van der Waals surface area contributed by atoms with Crippen LogP contribution < -0.4 is 27.4 Å². The Morgan fingerprint density at radius 1 is 0.961 bits per heavy atom. The van der Waals surface area contributed by atoms with Gasteiger partial charge in [0.1, 0.15) is 23.7 Å². The fraction of sp³-hybridized carbons (Fsp3) is 0.553. The molecule has 13 heteroatoms. The smallest absolute Gasteiger partial charge is 0.323 e. The molecule has 8 N–H and O–H groups in total. The van der Waals surface area contributed by atoms with Crippen molar-refractivity contribution in [3.63, 3.8) is 0 Å². The highest BCUT2D eigenvalue weighted by Gasteiger charge is 2.47. The van der Waals surface area contributed by atoms with E-state index in [0.29, 0.717) is 38.8 Å². The number of rotatable bonds is 17. The Morgan fingerprint density at radius 3 is 2.22 bits per heavy atom. The first-order valence-corrected chi connectivity index (χ1v) is 18.2. The monoisotopic (exact) mass is 703 g/mol. The van der Waals surface area contributed by atoms with Crippen LogP contribution >= 0.6 is 0 Å². The maximum absolute atomic E-state index is 14.0. The molecule has 2 unspecified atom stereocenters. The Kier molecular flexibility index (Phi) is 12.5. The molecule has 2 saturated heterocycles. The van der Waals surface area contributed by atoms with Crippen molar-refractivity contribution >= 4 is 29.6 Å². The van der Waals surface area contributed by atoms with Gasteiger partial charge in [-0.2, -0.15) is 0 Å². The fourth-order valence-corrected chi connectivity index (χ4v) is 7.45. The molecular formula is C38H53N7O6. The number of nitrogens with one attached hydrogen (secondary N) is 3. The number of carbonyl (C=O) groups excluding carboxylic acids is 4. The quantitative estimate of drug-likeness (QED) is 0.130. The standard InChI is InChI=1S/C38H53N7O6/c1-26-22-30(34(48)45(26)31(14-8-9-19-39)35(49)44-20-17-38(40,18-21-44)36(50)51)43-33(47)29(23-27-10-4-2-5-11-27)42-32(46)24-41-25-37(15-16-37)28-12-6-3-7-13-28/h2-7,10-13,26,29-31,41H,8-9,14-25,39-40H2,1H3,(H,42,46)(H,43,47)(H,50,51)/t26?,29?,30-,31-/m1/s1. The number of hydrogen-bond donors (Lipinski definition) is 6. The second-order valence-corrected chi connectivity index (χ2v) is 14.5. The number of hydrogen-bond acceptors (Lipinski definition) is 8. The maximum Gasteiger partial charge on any atom is 0.323 e. The average Bonchev–Trinajstić information content (AvgIpc) is 3.86. The molecule has 3 aliphatic rings. The molecule has 0 radical (unpaired) electrons. The molecule has 2 aromatic rings. The highest BCUT2D eigenvalue weighted by molar-refractivity contribution is 5.96. The molecule has 3 fully saturated rings. The van der Waals surface area contributed by atoms with E-state index in [1.807, 2.05) is 55.5 Å². The first-order chi connectivity index (χ1) is 24.5. The van der Waals surface area contributed by atoms with E-state index in [0.717, 1.165) is 18.4 Å². The van der Waals surface area contributed by atoms with Crippen LogP contribution in [-0.4, -0.2) is 107 Å². The molecule has 1 aliphatic carbocycles. The number of unbranched alkanes of at least 4 members (excludes halogenated alkanes) is 1. The molecule has 1 saturated carbocycles. The minimum absolute atomic E-state index is 0.0266. The first-order valence-electron chi connectivity index (χ1n) is 18.2. The lowest BCUT2D eigenvalue weighted by molar-refractivity contribution is -0.151. The third-order valence-corrected chi connectivity index (χ3v) is 10.8. The van der Waals surface area contributed by atoms with Crippen LogP contribution in [0, 0.1) is 0 Å². The van der Waals surface area contributed by atoms with Crippen molar-refractivity contribution in [2.75, 3.05) is 32.7 Å². The van der Waals surface area contributed by atoms with Crippen LogP contribution in [0.5, 0.6) is 0 Å². The Bertz CT molecular complexity index is 1530. The normalized spacial score (nSPS) is 21.8. The second-order valence-electron chi connectivity index (χ2n) is 14.5.